The number of ketones is 1. The van der Waals surface area contributed by atoms with E-state index in [1.807, 2.05) is 0 Å². The van der Waals surface area contributed by atoms with E-state index in [2.05, 4.69) is 0 Å². The Bertz CT molecular complexity index is 1310. The lowest BCUT2D eigenvalue weighted by atomic mass is 9.94. The number of Topliss-reactive ketones (excluding diaryl/α,β-unsaturated/α-hetero) is 1. The number of ether oxygens (including phenoxy) is 2. The molecule has 0 bridgehead atoms. The number of urea groups is 1. The minimum Gasteiger partial charge on any atom is -0.493 e. The monoisotopic (exact) mass is 462 g/mol. The number of allylic oxidation sites excluding steroid dienone is 3. The van der Waals surface area contributed by atoms with Gasteiger partial charge in [-0.05, 0) is 18.2 Å². The summed E-state index contributed by atoms with van der Waals surface area (Å²) in [4.78, 5) is 51.3. The highest BCUT2D eigenvalue weighted by atomic mass is 16.6. The molecule has 34 heavy (non-hydrogen) atoms. The number of fused-ring (bicyclic) bond motifs is 1. The first kappa shape index (κ1) is 22.6. The molecule has 2 aromatic rings. The van der Waals surface area contributed by atoms with Crippen LogP contribution < -0.4 is 14.4 Å². The third-order valence-corrected chi connectivity index (χ3v) is 5.53. The smallest absolute Gasteiger partial charge is 0.493 e. The summed E-state index contributed by atoms with van der Waals surface area (Å²) in [5.41, 5.74) is 0.462. The van der Waals surface area contributed by atoms with E-state index in [9.17, 15) is 24.5 Å². The van der Waals surface area contributed by atoms with E-state index in [1.165, 1.54) is 43.1 Å². The molecule has 4 rings (SSSR count). The molecule has 0 saturated carbocycles. The summed E-state index contributed by atoms with van der Waals surface area (Å²) in [7, 11) is 2.91. The Morgan fingerprint density at radius 2 is 1.85 bits per heavy atom. The first-order valence-corrected chi connectivity index (χ1v) is 10.2. The summed E-state index contributed by atoms with van der Waals surface area (Å²) in [6.07, 6.45) is 6.61. The molecule has 1 atom stereocenters. The van der Waals surface area contributed by atoms with Crippen molar-refractivity contribution in [1.82, 2.24) is 0 Å². The van der Waals surface area contributed by atoms with Crippen molar-refractivity contribution in [2.24, 2.45) is 5.92 Å². The molecule has 0 fully saturated rings. The summed E-state index contributed by atoms with van der Waals surface area (Å²) in [6.45, 7) is -0.402. The number of hydrogen-bond acceptors (Lipinski definition) is 7. The second-order valence-corrected chi connectivity index (χ2v) is 7.46. The lowest BCUT2D eigenvalue weighted by Gasteiger charge is -2.26. The lowest BCUT2D eigenvalue weighted by Crippen LogP contribution is -2.55. The maximum Gasteiger partial charge on any atom is 0.506 e. The van der Waals surface area contributed by atoms with Gasteiger partial charge in [-0.25, -0.2) is 4.79 Å². The van der Waals surface area contributed by atoms with Crippen LogP contribution in [0.25, 0.3) is 0 Å². The second kappa shape index (κ2) is 9.10. The maximum atomic E-state index is 13.5. The zero-order valence-electron chi connectivity index (χ0n) is 18.3. The molecule has 10 heteroatoms. The topological polar surface area (TPSA) is 119 Å². The van der Waals surface area contributed by atoms with Gasteiger partial charge in [-0.1, -0.05) is 30.4 Å². The van der Waals surface area contributed by atoms with E-state index in [0.717, 1.165) is 11.0 Å². The number of non-ortho nitro benzene ring substituents is 1. The largest absolute Gasteiger partial charge is 0.506 e. The first-order valence-electron chi connectivity index (χ1n) is 10.2. The third-order valence-electron chi connectivity index (χ3n) is 5.53. The van der Waals surface area contributed by atoms with Crippen LogP contribution in [0.4, 0.5) is 16.2 Å². The van der Waals surface area contributed by atoms with Gasteiger partial charge in [0.15, 0.2) is 18.0 Å². The highest BCUT2D eigenvalue weighted by molar-refractivity contribution is 6.26. The number of nitro groups is 1. The molecule has 0 spiro atoms. The number of hydrogen-bond donors (Lipinski definition) is 0. The van der Waals surface area contributed by atoms with Gasteiger partial charge >= 0.3 is 11.9 Å². The molecule has 0 radical (unpaired) electrons. The van der Waals surface area contributed by atoms with Crippen molar-refractivity contribution in [2.45, 2.75) is 0 Å². The summed E-state index contributed by atoms with van der Waals surface area (Å²) in [5, 5.41) is 11.1. The molecule has 2 aliphatic rings. The van der Waals surface area contributed by atoms with Crippen LogP contribution in [0.5, 0.6) is 11.5 Å². The van der Waals surface area contributed by atoms with Crippen molar-refractivity contribution >= 4 is 34.8 Å². The van der Waals surface area contributed by atoms with Gasteiger partial charge in [0.25, 0.3) is 5.69 Å². The summed E-state index contributed by atoms with van der Waals surface area (Å²) >= 11 is 0. The van der Waals surface area contributed by atoms with Crippen LogP contribution in [0.1, 0.15) is 10.4 Å². The van der Waals surface area contributed by atoms with Gasteiger partial charge in [0.1, 0.15) is 17.3 Å². The normalized spacial score (nSPS) is 17.0. The molecular weight excluding hydrogens is 442 g/mol. The van der Waals surface area contributed by atoms with Crippen molar-refractivity contribution in [3.8, 4) is 11.5 Å². The Labute approximate surface area is 194 Å². The van der Waals surface area contributed by atoms with Crippen molar-refractivity contribution in [3.05, 3.63) is 82.4 Å². The Hall–Kier alpha value is -4.60. The fourth-order valence-electron chi connectivity index (χ4n) is 3.85. The van der Waals surface area contributed by atoms with E-state index >= 15 is 0 Å². The van der Waals surface area contributed by atoms with Gasteiger partial charge in [0.05, 0.1) is 19.1 Å². The average molecular weight is 462 g/mol. The van der Waals surface area contributed by atoms with E-state index in [1.54, 1.807) is 36.4 Å². The van der Waals surface area contributed by atoms with E-state index in [0.29, 0.717) is 17.2 Å². The number of anilines is 1. The van der Waals surface area contributed by atoms with Gasteiger partial charge < -0.3 is 9.47 Å². The van der Waals surface area contributed by atoms with Crippen molar-refractivity contribution in [3.63, 3.8) is 0 Å². The molecule has 0 N–H and O–H groups in total. The van der Waals surface area contributed by atoms with Crippen LogP contribution in [0.3, 0.4) is 0 Å². The summed E-state index contributed by atoms with van der Waals surface area (Å²) in [6, 6.07) is 9.19. The number of carbonyl (C=O) groups is 3. The SMILES string of the molecule is COc1ccc(N2C(=O)C3C=CC=CC3=[N+](CC(=O)c3cccc([N+](=O)[O-])c3)C2=O)cc1OC. The van der Waals surface area contributed by atoms with Crippen molar-refractivity contribution in [2.75, 3.05) is 25.7 Å². The fourth-order valence-corrected chi connectivity index (χ4v) is 3.85. The number of benzene rings is 2. The molecule has 1 heterocycles. The standard InChI is InChI=1S/C24H20N3O7/c1-33-21-11-10-16(13-22(21)34-2)26-23(29)18-8-3-4-9-19(18)25(24(26)30)14-20(28)15-6-5-7-17(12-15)27(31)32/h3-13,18H,14H2,1-2H3/q+1. The molecule has 10 nitrogen and oxygen atoms in total. The van der Waals surface area contributed by atoms with E-state index in [-0.39, 0.29) is 16.9 Å². The Kier molecular flexibility index (Phi) is 6.05. The molecule has 2 aromatic carbocycles. The zero-order valence-corrected chi connectivity index (χ0v) is 18.3. The van der Waals surface area contributed by atoms with Gasteiger partial charge in [-0.15, -0.1) is 4.90 Å². The second-order valence-electron chi connectivity index (χ2n) is 7.46. The number of nitrogens with zero attached hydrogens (tertiary/aromatic N) is 3. The molecular formula is C24H20N3O7+. The van der Waals surface area contributed by atoms with Gasteiger partial charge in [-0.3, -0.25) is 14.9 Å². The number of imide groups is 1. The Morgan fingerprint density at radius 1 is 1.09 bits per heavy atom. The average Bonchev–Trinajstić information content (AvgIpc) is 2.86. The molecule has 0 saturated heterocycles. The summed E-state index contributed by atoms with van der Waals surface area (Å²) < 4.78 is 11.7. The fraction of sp³-hybridized carbons (Fsp3) is 0.167. The minimum absolute atomic E-state index is 0.0871. The van der Waals surface area contributed by atoms with E-state index < -0.39 is 35.1 Å². The number of amides is 3. The Balaban J connectivity index is 1.75. The molecule has 1 aliphatic heterocycles. The van der Waals surface area contributed by atoms with Crippen LogP contribution in [0.15, 0.2) is 66.8 Å². The molecule has 1 unspecified atom stereocenters. The summed E-state index contributed by atoms with van der Waals surface area (Å²) in [5.74, 6) is -1.02. The lowest BCUT2D eigenvalue weighted by molar-refractivity contribution is -0.413. The maximum absolute atomic E-state index is 13.5. The van der Waals surface area contributed by atoms with Gasteiger partial charge in [0.2, 0.25) is 5.78 Å². The minimum atomic E-state index is -0.784. The van der Waals surface area contributed by atoms with Crippen molar-refractivity contribution < 1.29 is 33.4 Å². The predicted octanol–water partition coefficient (Wildman–Crippen LogP) is 3.16. The quantitative estimate of drug-likeness (QED) is 0.268. The van der Waals surface area contributed by atoms with Crippen LogP contribution in [0, 0.1) is 16.0 Å². The van der Waals surface area contributed by atoms with Gasteiger partial charge in [-0.2, -0.15) is 9.37 Å². The number of methoxy groups -OCH3 is 2. The number of rotatable bonds is 7. The van der Waals surface area contributed by atoms with Gasteiger partial charge in [0, 0.05) is 23.8 Å². The molecule has 3 amide bonds. The Morgan fingerprint density at radius 3 is 2.56 bits per heavy atom. The van der Waals surface area contributed by atoms with E-state index in [4.69, 9.17) is 9.47 Å². The third kappa shape index (κ3) is 3.96. The van der Waals surface area contributed by atoms with Crippen LogP contribution in [-0.2, 0) is 4.79 Å². The highest BCUT2D eigenvalue weighted by Gasteiger charge is 2.48. The first-order chi connectivity index (χ1) is 16.3. The predicted molar refractivity (Wildman–Crippen MR) is 122 cm³/mol. The van der Waals surface area contributed by atoms with Crippen molar-refractivity contribution in [1.29, 1.82) is 0 Å². The molecule has 1 aliphatic carbocycles. The molecule has 0 aromatic heterocycles. The highest BCUT2D eigenvalue weighted by Crippen LogP contribution is 2.34. The van der Waals surface area contributed by atoms with Crippen LogP contribution >= 0.6 is 0 Å². The zero-order chi connectivity index (χ0) is 24.4. The van der Waals surface area contributed by atoms with Crippen LogP contribution in [0.2, 0.25) is 0 Å². The number of carbonyl (C=O) groups excluding carboxylic acids is 3. The molecule has 172 valence electrons. The van der Waals surface area contributed by atoms with Crippen LogP contribution in [-0.4, -0.2) is 53.7 Å². The number of nitro benzene ring substituents is 1.